The zero-order valence-electron chi connectivity index (χ0n) is 32.3. The molecule has 4 bridgehead atoms. The van der Waals surface area contributed by atoms with Crippen molar-refractivity contribution in [2.75, 3.05) is 51.3 Å². The number of amides is 2. The molecular formula is C38H37N10O11PS. The summed E-state index contributed by atoms with van der Waals surface area (Å²) in [6.45, 7) is -4.21. The number of nitrogens with one attached hydrogen (secondary N) is 2. The molecule has 316 valence electrons. The summed E-state index contributed by atoms with van der Waals surface area (Å²) in [6, 6.07) is 17.4. The molecule has 0 aliphatic carbocycles. The predicted molar refractivity (Wildman–Crippen MR) is 215 cm³/mol. The van der Waals surface area contributed by atoms with Crippen molar-refractivity contribution in [3.05, 3.63) is 97.1 Å². The van der Waals surface area contributed by atoms with E-state index in [1.165, 1.54) is 39.5 Å². The highest BCUT2D eigenvalue weighted by Crippen LogP contribution is 2.57. The molecule has 0 spiro atoms. The van der Waals surface area contributed by atoms with Crippen molar-refractivity contribution >= 4 is 64.3 Å². The monoisotopic (exact) mass is 872 g/mol. The highest BCUT2D eigenvalue weighted by Gasteiger charge is 2.66. The van der Waals surface area contributed by atoms with Gasteiger partial charge in [-0.1, -0.05) is 36.4 Å². The second-order valence-electron chi connectivity index (χ2n) is 14.8. The molecule has 61 heavy (non-hydrogen) atoms. The second-order valence-corrected chi connectivity index (χ2v) is 17.6. The number of ether oxygens (including phenoxy) is 6. The Labute approximate surface area is 350 Å². The molecular weight excluding hydrogens is 836 g/mol. The minimum absolute atomic E-state index is 0.0239. The van der Waals surface area contributed by atoms with Gasteiger partial charge in [-0.2, -0.15) is 0 Å². The maximum absolute atomic E-state index is 13.0. The van der Waals surface area contributed by atoms with E-state index >= 15 is 0 Å². The summed E-state index contributed by atoms with van der Waals surface area (Å²) in [5.41, 5.74) is -0.158. The Kier molecular flexibility index (Phi) is 10.2. The summed E-state index contributed by atoms with van der Waals surface area (Å²) in [6.07, 6.45) is 0.906. The van der Waals surface area contributed by atoms with E-state index in [0.29, 0.717) is 33.5 Å². The molecule has 3 N–H and O–H groups in total. The van der Waals surface area contributed by atoms with Crippen LogP contribution in [0.15, 0.2) is 86.0 Å². The molecule has 21 nitrogen and oxygen atoms in total. The smallest absolute Gasteiger partial charge is 0.325 e. The van der Waals surface area contributed by atoms with E-state index in [2.05, 4.69) is 40.5 Å². The third-order valence-corrected chi connectivity index (χ3v) is 12.6. The molecule has 4 aliphatic heterocycles. The van der Waals surface area contributed by atoms with Crippen LogP contribution in [0.25, 0.3) is 22.3 Å². The SMILES string of the molecule is COC[C@@]12CO[C@@H]([C@H](n3cnc4c(NC(=O)c5ccccc5)ncnc43)O1)[C@@H]2OP(O)(=S)OC[C@@]12CO[C@@H]([C@H](n3cnc4c(NC(=O)c5ccccc5)ncnc43)O1)[C@@H]2OC. The third-order valence-electron chi connectivity index (χ3n) is 11.1. The number of nitrogens with zero attached hydrogens (tertiary/aromatic N) is 8. The molecule has 10 rings (SSSR count). The number of hydrogen-bond acceptors (Lipinski definition) is 17. The lowest BCUT2D eigenvalue weighted by Gasteiger charge is -2.33. The lowest BCUT2D eigenvalue weighted by molar-refractivity contribution is -0.189. The normalized spacial score (nSPS) is 28.7. The first-order chi connectivity index (χ1) is 29.6. The van der Waals surface area contributed by atoms with Crippen molar-refractivity contribution in [1.29, 1.82) is 0 Å². The van der Waals surface area contributed by atoms with Crippen LogP contribution in [0.4, 0.5) is 11.6 Å². The van der Waals surface area contributed by atoms with Crippen LogP contribution in [0.1, 0.15) is 33.2 Å². The largest absolute Gasteiger partial charge is 0.381 e. The topological polar surface area (TPSA) is 239 Å². The van der Waals surface area contributed by atoms with Crippen LogP contribution in [0.5, 0.6) is 0 Å². The fourth-order valence-electron chi connectivity index (χ4n) is 8.35. The number of methoxy groups -OCH3 is 2. The molecule has 23 heteroatoms. The number of imidazole rings is 2. The van der Waals surface area contributed by atoms with Gasteiger partial charge < -0.3 is 48.5 Å². The van der Waals surface area contributed by atoms with Gasteiger partial charge in [0.15, 0.2) is 46.4 Å². The maximum atomic E-state index is 13.0. The molecule has 6 aromatic rings. The quantitative estimate of drug-likeness (QED) is 0.133. The van der Waals surface area contributed by atoms with E-state index < -0.39 is 54.8 Å². The van der Waals surface area contributed by atoms with Gasteiger partial charge in [0.2, 0.25) is 0 Å². The Morgan fingerprint density at radius 3 is 1.74 bits per heavy atom. The van der Waals surface area contributed by atoms with Crippen molar-refractivity contribution in [2.45, 2.75) is 48.1 Å². The minimum atomic E-state index is -4.09. The van der Waals surface area contributed by atoms with E-state index in [0.717, 1.165) is 0 Å². The Balaban J connectivity index is 0.855. The number of fused-ring (bicyclic) bond motifs is 6. The van der Waals surface area contributed by atoms with E-state index in [4.69, 9.17) is 49.3 Å². The summed E-state index contributed by atoms with van der Waals surface area (Å²) in [5.74, 6) is -0.301. The Hall–Kier alpha value is -5.23. The summed E-state index contributed by atoms with van der Waals surface area (Å²) in [7, 11) is 3.03. The number of anilines is 2. The van der Waals surface area contributed by atoms with Crippen molar-refractivity contribution in [3.8, 4) is 0 Å². The van der Waals surface area contributed by atoms with Gasteiger partial charge in [-0.15, -0.1) is 0 Å². The Morgan fingerprint density at radius 1 is 0.754 bits per heavy atom. The van der Waals surface area contributed by atoms with Crippen LogP contribution < -0.4 is 10.6 Å². The van der Waals surface area contributed by atoms with Crippen LogP contribution >= 0.6 is 6.72 Å². The molecule has 8 heterocycles. The zero-order chi connectivity index (χ0) is 41.9. The number of aromatic nitrogens is 8. The van der Waals surface area contributed by atoms with Gasteiger partial charge in [0.25, 0.3) is 11.8 Å². The van der Waals surface area contributed by atoms with Crippen LogP contribution in [-0.4, -0.2) is 132 Å². The second kappa shape index (κ2) is 15.6. The first-order valence-corrected chi connectivity index (χ1v) is 21.6. The highest BCUT2D eigenvalue weighted by atomic mass is 32.5. The number of carbonyl (C=O) groups is 2. The lowest BCUT2D eigenvalue weighted by Crippen LogP contribution is -2.47. The average Bonchev–Trinajstić information content (AvgIpc) is 4.14. The summed E-state index contributed by atoms with van der Waals surface area (Å²) >= 11 is 5.62. The van der Waals surface area contributed by atoms with Gasteiger partial charge >= 0.3 is 6.72 Å². The molecule has 2 aromatic carbocycles. The molecule has 2 amide bonds. The number of carbonyl (C=O) groups excluding carboxylic acids is 2. The molecule has 4 saturated heterocycles. The van der Waals surface area contributed by atoms with Gasteiger partial charge in [0.05, 0.1) is 39.1 Å². The van der Waals surface area contributed by atoms with Crippen LogP contribution in [-0.2, 0) is 49.3 Å². The highest BCUT2D eigenvalue weighted by molar-refractivity contribution is 8.07. The maximum Gasteiger partial charge on any atom is 0.325 e. The summed E-state index contributed by atoms with van der Waals surface area (Å²) in [4.78, 5) is 64.0. The fraction of sp³-hybridized carbons (Fsp3) is 0.368. The molecule has 4 fully saturated rings. The Bertz CT molecular complexity index is 2680. The van der Waals surface area contributed by atoms with E-state index in [9.17, 15) is 14.5 Å². The molecule has 0 saturated carbocycles. The van der Waals surface area contributed by atoms with Crippen molar-refractivity contribution in [3.63, 3.8) is 0 Å². The standard InChI is InChI=1S/C38H37N10O11PS/c1-52-13-37-14-55-26(36(57-37)48-20-44-24-30(40-18-42-32(24)48)46-34(50)22-11-7-4-8-12-22)28(37)59-60(51,61)56-16-38-15-54-25(27(38)53-2)35(58-38)47-19-43-23-29(39-17-41-31(23)47)45-33(49)21-9-5-3-6-10-21/h3-12,17-20,25-28,35-36H,13-16H2,1-2H3,(H,51,61)(H,39,41,45,49)(H,40,42,46,50)/t25-,26-,27+,28+,35-,36-,37+,38-,60?/m1/s1. The van der Waals surface area contributed by atoms with Gasteiger partial charge in [-0.3, -0.25) is 23.2 Å². The van der Waals surface area contributed by atoms with Gasteiger partial charge in [-0.25, -0.2) is 29.9 Å². The number of benzene rings is 2. The van der Waals surface area contributed by atoms with Crippen LogP contribution in [0.3, 0.4) is 0 Å². The van der Waals surface area contributed by atoms with Crippen molar-refractivity contribution < 1.29 is 52.0 Å². The molecule has 1 unspecified atom stereocenters. The minimum Gasteiger partial charge on any atom is -0.381 e. The predicted octanol–water partition coefficient (Wildman–Crippen LogP) is 2.78. The zero-order valence-corrected chi connectivity index (χ0v) is 34.0. The van der Waals surface area contributed by atoms with Gasteiger partial charge in [0, 0.05) is 25.3 Å². The van der Waals surface area contributed by atoms with Gasteiger partial charge in [-0.05, 0) is 36.1 Å². The fourth-order valence-corrected chi connectivity index (χ4v) is 9.83. The number of rotatable bonds is 14. The molecule has 0 radical (unpaired) electrons. The van der Waals surface area contributed by atoms with E-state index in [1.54, 1.807) is 57.7 Å². The molecule has 4 aliphatic rings. The van der Waals surface area contributed by atoms with Crippen molar-refractivity contribution in [2.24, 2.45) is 0 Å². The molecule has 9 atom stereocenters. The first-order valence-electron chi connectivity index (χ1n) is 19.0. The van der Waals surface area contributed by atoms with E-state index in [-0.39, 0.29) is 49.9 Å². The van der Waals surface area contributed by atoms with Crippen molar-refractivity contribution in [1.82, 2.24) is 39.0 Å². The summed E-state index contributed by atoms with van der Waals surface area (Å²) in [5, 5.41) is 5.60. The lowest BCUT2D eigenvalue weighted by atomic mass is 10.0. The average molecular weight is 873 g/mol. The van der Waals surface area contributed by atoms with Crippen LogP contribution in [0, 0.1) is 0 Å². The Morgan fingerprint density at radius 2 is 1.25 bits per heavy atom. The van der Waals surface area contributed by atoms with Crippen LogP contribution in [0.2, 0.25) is 0 Å². The molecule has 4 aromatic heterocycles. The summed E-state index contributed by atoms with van der Waals surface area (Å²) < 4.78 is 52.7. The van der Waals surface area contributed by atoms with E-state index in [1.807, 2.05) is 12.1 Å². The third kappa shape index (κ3) is 6.89. The first kappa shape index (κ1) is 39.9. The number of hydrogen-bond donors (Lipinski definition) is 3. The van der Waals surface area contributed by atoms with Gasteiger partial charge in [0.1, 0.15) is 48.3 Å².